The van der Waals surface area contributed by atoms with Crippen molar-refractivity contribution in [1.82, 2.24) is 20.4 Å². The lowest BCUT2D eigenvalue weighted by molar-refractivity contribution is -0.129. The third-order valence-electron chi connectivity index (χ3n) is 5.89. The van der Waals surface area contributed by atoms with Gasteiger partial charge in [-0.2, -0.15) is 0 Å². The topological polar surface area (TPSA) is 64.7 Å². The van der Waals surface area contributed by atoms with Gasteiger partial charge >= 0.3 is 0 Å². The number of halogens is 2. The van der Waals surface area contributed by atoms with E-state index in [9.17, 15) is 9.59 Å². The molecule has 3 atom stereocenters. The molecule has 0 spiro atoms. The number of carbonyl (C=O) groups is 2. The molecule has 0 saturated carbocycles. The molecular weight excluding hydrogens is 375 g/mol. The maximum absolute atomic E-state index is 12.4. The molecule has 3 unspecified atom stereocenters. The number of amides is 2. The Bertz CT molecular complexity index is 460. The lowest BCUT2D eigenvalue weighted by atomic mass is 9.99. The van der Waals surface area contributed by atoms with Gasteiger partial charge in [0, 0.05) is 32.1 Å². The van der Waals surface area contributed by atoms with Crippen molar-refractivity contribution in [1.29, 1.82) is 0 Å². The smallest absolute Gasteiger partial charge is 0.225 e. The van der Waals surface area contributed by atoms with Crippen LogP contribution in [0.3, 0.4) is 0 Å². The number of piperidine rings is 1. The van der Waals surface area contributed by atoms with Crippen LogP contribution in [0.15, 0.2) is 0 Å². The van der Waals surface area contributed by atoms with E-state index in [1.807, 2.05) is 4.90 Å². The van der Waals surface area contributed by atoms with Gasteiger partial charge in [0.1, 0.15) is 0 Å². The monoisotopic (exact) mass is 408 g/mol. The fourth-order valence-corrected chi connectivity index (χ4v) is 4.38. The van der Waals surface area contributed by atoms with Crippen LogP contribution in [-0.4, -0.2) is 73.5 Å². The Morgan fingerprint density at radius 1 is 1.27 bits per heavy atom. The van der Waals surface area contributed by atoms with Gasteiger partial charge in [0.25, 0.3) is 0 Å². The molecule has 152 valence electrons. The summed E-state index contributed by atoms with van der Waals surface area (Å²) in [6.45, 7) is 8.58. The first-order valence-electron chi connectivity index (χ1n) is 9.67. The molecule has 8 heteroatoms. The first-order chi connectivity index (χ1) is 11.7. The van der Waals surface area contributed by atoms with Crippen molar-refractivity contribution in [2.24, 2.45) is 11.8 Å². The predicted octanol–water partition coefficient (Wildman–Crippen LogP) is 1.28. The van der Waals surface area contributed by atoms with Crippen LogP contribution >= 0.6 is 24.8 Å². The molecule has 0 bridgehead atoms. The summed E-state index contributed by atoms with van der Waals surface area (Å²) in [5, 5.41) is 6.45. The van der Waals surface area contributed by atoms with Gasteiger partial charge in [-0.05, 0) is 57.8 Å². The lowest BCUT2D eigenvalue weighted by Gasteiger charge is -2.27. The van der Waals surface area contributed by atoms with Crippen LogP contribution in [0.5, 0.6) is 0 Å². The summed E-state index contributed by atoms with van der Waals surface area (Å²) in [5.41, 5.74) is 0. The van der Waals surface area contributed by atoms with E-state index >= 15 is 0 Å². The van der Waals surface area contributed by atoms with E-state index in [4.69, 9.17) is 0 Å². The number of rotatable bonds is 6. The lowest BCUT2D eigenvalue weighted by Crippen LogP contribution is -2.42. The molecule has 3 aliphatic heterocycles. The highest BCUT2D eigenvalue weighted by Crippen LogP contribution is 2.23. The van der Waals surface area contributed by atoms with Crippen LogP contribution in [0.4, 0.5) is 0 Å². The van der Waals surface area contributed by atoms with Gasteiger partial charge in [-0.25, -0.2) is 0 Å². The molecule has 6 nitrogen and oxygen atoms in total. The second-order valence-corrected chi connectivity index (χ2v) is 7.58. The number of hydrogen-bond donors (Lipinski definition) is 2. The fraction of sp³-hybridized carbons (Fsp3) is 0.889. The van der Waals surface area contributed by atoms with Crippen molar-refractivity contribution in [3.05, 3.63) is 0 Å². The maximum atomic E-state index is 12.4. The summed E-state index contributed by atoms with van der Waals surface area (Å²) in [5.74, 6) is 0.589. The van der Waals surface area contributed by atoms with Gasteiger partial charge in [-0.1, -0.05) is 6.92 Å². The molecule has 0 aliphatic carbocycles. The van der Waals surface area contributed by atoms with Crippen LogP contribution in [0.25, 0.3) is 0 Å². The van der Waals surface area contributed by atoms with Gasteiger partial charge < -0.3 is 15.5 Å². The summed E-state index contributed by atoms with van der Waals surface area (Å²) < 4.78 is 0. The highest BCUT2D eigenvalue weighted by atomic mass is 35.5. The summed E-state index contributed by atoms with van der Waals surface area (Å²) >= 11 is 0. The molecule has 3 aliphatic rings. The quantitative estimate of drug-likeness (QED) is 0.694. The minimum atomic E-state index is -0.162. The Kier molecular flexibility index (Phi) is 10.2. The van der Waals surface area contributed by atoms with Gasteiger partial charge in [-0.15, -0.1) is 24.8 Å². The Morgan fingerprint density at radius 2 is 2.08 bits per heavy atom. The van der Waals surface area contributed by atoms with Gasteiger partial charge in [-0.3, -0.25) is 14.5 Å². The van der Waals surface area contributed by atoms with Gasteiger partial charge in [0.15, 0.2) is 0 Å². The SMILES string of the molecule is CCN1CCCC1CN1CC(C(=O)NCC2CCCNC2)CC1=O.Cl.Cl. The predicted molar refractivity (Wildman–Crippen MR) is 108 cm³/mol. The molecule has 0 radical (unpaired) electrons. The van der Waals surface area contributed by atoms with Crippen molar-refractivity contribution in [2.45, 2.75) is 45.1 Å². The number of likely N-dealkylation sites (N-methyl/N-ethyl adjacent to an activating group) is 1. The number of carbonyl (C=O) groups excluding carboxylic acids is 2. The second-order valence-electron chi connectivity index (χ2n) is 7.58. The van der Waals surface area contributed by atoms with E-state index in [0.717, 1.165) is 39.3 Å². The molecule has 3 rings (SSSR count). The molecule has 3 saturated heterocycles. The van der Waals surface area contributed by atoms with Crippen LogP contribution in [0, 0.1) is 11.8 Å². The Balaban J connectivity index is 0.00000169. The molecular formula is C18H34Cl2N4O2. The minimum absolute atomic E-state index is 0. The van der Waals surface area contributed by atoms with E-state index in [0.29, 0.717) is 24.9 Å². The third kappa shape index (κ3) is 5.98. The largest absolute Gasteiger partial charge is 0.355 e. The number of nitrogens with one attached hydrogen (secondary N) is 2. The van der Waals surface area contributed by atoms with E-state index in [-0.39, 0.29) is 42.5 Å². The Morgan fingerprint density at radius 3 is 2.77 bits per heavy atom. The molecule has 26 heavy (non-hydrogen) atoms. The fourth-order valence-electron chi connectivity index (χ4n) is 4.38. The van der Waals surface area contributed by atoms with Crippen molar-refractivity contribution in [3.8, 4) is 0 Å². The van der Waals surface area contributed by atoms with Crippen LogP contribution in [-0.2, 0) is 9.59 Å². The third-order valence-corrected chi connectivity index (χ3v) is 5.89. The van der Waals surface area contributed by atoms with E-state index in [1.54, 1.807) is 0 Å². The van der Waals surface area contributed by atoms with E-state index in [2.05, 4.69) is 22.5 Å². The maximum Gasteiger partial charge on any atom is 0.225 e. The molecule has 0 aromatic carbocycles. The zero-order valence-corrected chi connectivity index (χ0v) is 17.4. The van der Waals surface area contributed by atoms with Crippen LogP contribution in [0.2, 0.25) is 0 Å². The average molecular weight is 409 g/mol. The zero-order valence-electron chi connectivity index (χ0n) is 15.7. The Hall–Kier alpha value is -0.560. The molecule has 0 aromatic rings. The zero-order chi connectivity index (χ0) is 16.9. The molecule has 3 fully saturated rings. The Labute approximate surface area is 169 Å². The minimum Gasteiger partial charge on any atom is -0.355 e. The summed E-state index contributed by atoms with van der Waals surface area (Å²) in [7, 11) is 0. The summed E-state index contributed by atoms with van der Waals surface area (Å²) in [4.78, 5) is 29.1. The molecule has 0 aromatic heterocycles. The number of hydrogen-bond acceptors (Lipinski definition) is 4. The van der Waals surface area contributed by atoms with Crippen molar-refractivity contribution < 1.29 is 9.59 Å². The highest BCUT2D eigenvalue weighted by Gasteiger charge is 2.36. The summed E-state index contributed by atoms with van der Waals surface area (Å²) in [6.07, 6.45) is 5.14. The van der Waals surface area contributed by atoms with Crippen molar-refractivity contribution in [2.75, 3.05) is 45.8 Å². The van der Waals surface area contributed by atoms with Gasteiger partial charge in [0.05, 0.1) is 5.92 Å². The van der Waals surface area contributed by atoms with E-state index in [1.165, 1.54) is 25.7 Å². The van der Waals surface area contributed by atoms with Crippen molar-refractivity contribution in [3.63, 3.8) is 0 Å². The first-order valence-corrected chi connectivity index (χ1v) is 9.67. The normalized spacial score (nSPS) is 29.2. The highest BCUT2D eigenvalue weighted by molar-refractivity contribution is 5.89. The number of nitrogens with zero attached hydrogens (tertiary/aromatic N) is 2. The standard InChI is InChI=1S/C18H32N4O2.2ClH/c1-2-21-8-4-6-16(21)13-22-12-15(9-17(22)23)18(24)20-11-14-5-3-7-19-10-14;;/h14-16,19H,2-13H2,1H3,(H,20,24);2*1H. The second kappa shape index (κ2) is 11.3. The summed E-state index contributed by atoms with van der Waals surface area (Å²) in [6, 6.07) is 0.481. The van der Waals surface area contributed by atoms with Gasteiger partial charge in [0.2, 0.25) is 11.8 Å². The van der Waals surface area contributed by atoms with Crippen molar-refractivity contribution >= 4 is 36.6 Å². The molecule has 3 heterocycles. The first kappa shape index (κ1) is 23.5. The average Bonchev–Trinajstić information content (AvgIpc) is 3.20. The van der Waals surface area contributed by atoms with Crippen LogP contribution < -0.4 is 10.6 Å². The molecule has 2 amide bonds. The van der Waals surface area contributed by atoms with E-state index < -0.39 is 0 Å². The number of likely N-dealkylation sites (tertiary alicyclic amines) is 2. The molecule has 2 N–H and O–H groups in total. The van der Waals surface area contributed by atoms with Crippen LogP contribution in [0.1, 0.15) is 39.0 Å².